The number of primary amides is 1. The number of hydrogen-bond acceptors (Lipinski definition) is 6. The topological polar surface area (TPSA) is 114 Å². The van der Waals surface area contributed by atoms with Crippen molar-refractivity contribution >= 4 is 39.7 Å². The summed E-state index contributed by atoms with van der Waals surface area (Å²) in [6.45, 7) is 4.29. The van der Waals surface area contributed by atoms with Gasteiger partial charge in [0, 0.05) is 6.04 Å². The molecule has 1 aromatic carbocycles. The number of rotatable bonds is 8. The number of amides is 3. The summed E-state index contributed by atoms with van der Waals surface area (Å²) in [6.07, 6.45) is 0.942. The number of fused-ring (bicyclic) bond motifs is 1. The summed E-state index contributed by atoms with van der Waals surface area (Å²) < 4.78 is 5.91. The second kappa shape index (κ2) is 9.62. The summed E-state index contributed by atoms with van der Waals surface area (Å²) in [5, 5.41) is 7.85. The lowest BCUT2D eigenvalue weighted by atomic mass is 10.1. The summed E-state index contributed by atoms with van der Waals surface area (Å²) in [4.78, 5) is 38.7. The van der Waals surface area contributed by atoms with Gasteiger partial charge in [-0.05, 0) is 36.4 Å². The maximum atomic E-state index is 12.7. The fourth-order valence-corrected chi connectivity index (χ4v) is 4.13. The number of nitrogens with two attached hydrogens (primary N) is 1. The van der Waals surface area contributed by atoms with E-state index < -0.39 is 12.0 Å². The highest BCUT2D eigenvalue weighted by atomic mass is 32.1. The molecule has 0 saturated carbocycles. The van der Waals surface area contributed by atoms with Gasteiger partial charge in [0.25, 0.3) is 11.8 Å². The van der Waals surface area contributed by atoms with Crippen molar-refractivity contribution in [1.29, 1.82) is 0 Å². The molecule has 2 aromatic rings. The van der Waals surface area contributed by atoms with E-state index in [9.17, 15) is 14.4 Å². The Morgan fingerprint density at radius 3 is 2.67 bits per heavy atom. The van der Waals surface area contributed by atoms with Crippen molar-refractivity contribution in [2.75, 3.05) is 23.3 Å². The molecule has 1 aliphatic heterocycles. The Morgan fingerprint density at radius 2 is 1.97 bits per heavy atom. The van der Waals surface area contributed by atoms with Crippen LogP contribution in [0.3, 0.4) is 0 Å². The molecule has 9 heteroatoms. The average molecular weight is 431 g/mol. The third kappa shape index (κ3) is 4.91. The van der Waals surface area contributed by atoms with Crippen LogP contribution in [0.4, 0.5) is 10.7 Å². The van der Waals surface area contributed by atoms with Gasteiger partial charge >= 0.3 is 0 Å². The number of carbonyl (C=O) groups is 3. The van der Waals surface area contributed by atoms with Gasteiger partial charge in [0.1, 0.15) is 10.8 Å². The molecule has 1 atom stereocenters. The van der Waals surface area contributed by atoms with Gasteiger partial charge in [0.15, 0.2) is 6.10 Å². The molecule has 0 fully saturated rings. The number of anilines is 2. The van der Waals surface area contributed by atoms with Crippen LogP contribution in [-0.2, 0) is 9.59 Å². The van der Waals surface area contributed by atoms with Gasteiger partial charge in [0.05, 0.1) is 24.3 Å². The number of ether oxygens (including phenoxy) is 1. The zero-order valence-corrected chi connectivity index (χ0v) is 17.8. The molecule has 160 valence electrons. The summed E-state index contributed by atoms with van der Waals surface area (Å²) in [5.74, 6) is -0.551. The molecule has 0 aliphatic carbocycles. The van der Waals surface area contributed by atoms with Gasteiger partial charge in [0.2, 0.25) is 5.91 Å². The number of benzene rings is 1. The van der Waals surface area contributed by atoms with E-state index in [1.54, 1.807) is 17.5 Å². The molecule has 1 aliphatic rings. The summed E-state index contributed by atoms with van der Waals surface area (Å²) in [5.41, 5.74) is 6.35. The van der Waals surface area contributed by atoms with Crippen LogP contribution < -0.4 is 26.0 Å². The highest BCUT2D eigenvalue weighted by Crippen LogP contribution is 2.33. The number of carbonyl (C=O) groups excluding carboxylic acids is 3. The van der Waals surface area contributed by atoms with Crippen LogP contribution >= 0.6 is 11.3 Å². The number of para-hydroxylation sites is 2. The third-order valence-corrected chi connectivity index (χ3v) is 5.83. The molecule has 30 heavy (non-hydrogen) atoms. The van der Waals surface area contributed by atoms with Crippen LogP contribution in [0.15, 0.2) is 35.7 Å². The molecule has 0 saturated heterocycles. The van der Waals surface area contributed by atoms with Crippen LogP contribution in [0.1, 0.15) is 37.0 Å². The molecular formula is C21H26N4O4S. The number of nitrogens with one attached hydrogen (secondary N) is 2. The minimum absolute atomic E-state index is 0.00520. The van der Waals surface area contributed by atoms with E-state index >= 15 is 0 Å². The lowest BCUT2D eigenvalue weighted by Gasteiger charge is -2.35. The van der Waals surface area contributed by atoms with Gasteiger partial charge in [-0.15, -0.1) is 11.3 Å². The van der Waals surface area contributed by atoms with Crippen molar-refractivity contribution in [3.05, 3.63) is 41.3 Å². The minimum Gasteiger partial charge on any atom is -0.477 e. The largest absolute Gasteiger partial charge is 0.477 e. The second-order valence-corrected chi connectivity index (χ2v) is 7.97. The summed E-state index contributed by atoms with van der Waals surface area (Å²) in [6, 6.07) is 8.95. The van der Waals surface area contributed by atoms with Gasteiger partial charge in [-0.2, -0.15) is 0 Å². The maximum absolute atomic E-state index is 12.7. The number of nitrogens with zero attached hydrogens (tertiary/aromatic N) is 1. The summed E-state index contributed by atoms with van der Waals surface area (Å²) >= 11 is 1.23. The Balaban J connectivity index is 1.74. The zero-order chi connectivity index (χ0) is 21.7. The quantitative estimate of drug-likeness (QED) is 0.595. The highest BCUT2D eigenvalue weighted by molar-refractivity contribution is 7.14. The average Bonchev–Trinajstić information content (AvgIpc) is 3.20. The molecule has 0 radical (unpaired) electrons. The third-order valence-electron chi connectivity index (χ3n) is 5.00. The fourth-order valence-electron chi connectivity index (χ4n) is 3.32. The van der Waals surface area contributed by atoms with E-state index in [1.807, 2.05) is 36.9 Å². The first kappa shape index (κ1) is 21.6. The Bertz CT molecular complexity index is 925. The van der Waals surface area contributed by atoms with Crippen molar-refractivity contribution in [3.8, 4) is 5.75 Å². The van der Waals surface area contributed by atoms with Crippen LogP contribution in [0.25, 0.3) is 0 Å². The number of thiophene rings is 1. The van der Waals surface area contributed by atoms with E-state index in [-0.39, 0.29) is 36.5 Å². The smallest absolute Gasteiger partial charge is 0.263 e. The van der Waals surface area contributed by atoms with Crippen molar-refractivity contribution in [1.82, 2.24) is 5.32 Å². The zero-order valence-electron chi connectivity index (χ0n) is 17.0. The molecule has 1 unspecified atom stereocenters. The molecule has 3 amide bonds. The number of hydrogen-bond donors (Lipinski definition) is 3. The van der Waals surface area contributed by atoms with E-state index in [0.29, 0.717) is 10.8 Å². The van der Waals surface area contributed by atoms with Crippen molar-refractivity contribution in [3.63, 3.8) is 0 Å². The van der Waals surface area contributed by atoms with Crippen molar-refractivity contribution < 1.29 is 19.1 Å². The highest BCUT2D eigenvalue weighted by Gasteiger charge is 2.32. The predicted octanol–water partition coefficient (Wildman–Crippen LogP) is 2.36. The van der Waals surface area contributed by atoms with Crippen molar-refractivity contribution in [2.45, 2.75) is 38.8 Å². The fraction of sp³-hybridized carbons (Fsp3) is 0.381. The minimum atomic E-state index is -0.726. The van der Waals surface area contributed by atoms with E-state index in [1.165, 1.54) is 11.3 Å². The first-order chi connectivity index (χ1) is 14.4. The normalized spacial score (nSPS) is 15.3. The molecule has 2 heterocycles. The lowest BCUT2D eigenvalue weighted by molar-refractivity contribution is -0.129. The molecule has 0 spiro atoms. The Labute approximate surface area is 179 Å². The molecule has 8 nitrogen and oxygen atoms in total. The van der Waals surface area contributed by atoms with Crippen LogP contribution in [-0.4, -0.2) is 43.0 Å². The van der Waals surface area contributed by atoms with Gasteiger partial charge in [-0.3, -0.25) is 14.4 Å². The second-order valence-electron chi connectivity index (χ2n) is 7.05. The predicted molar refractivity (Wildman–Crippen MR) is 117 cm³/mol. The lowest BCUT2D eigenvalue weighted by Crippen LogP contribution is -2.52. The van der Waals surface area contributed by atoms with Gasteiger partial charge in [-0.25, -0.2) is 0 Å². The molecular weight excluding hydrogens is 404 g/mol. The Hall–Kier alpha value is -3.07. The summed E-state index contributed by atoms with van der Waals surface area (Å²) in [7, 11) is 0. The monoisotopic (exact) mass is 430 g/mol. The molecule has 0 bridgehead atoms. The van der Waals surface area contributed by atoms with Gasteiger partial charge in [-0.1, -0.05) is 26.0 Å². The Kier molecular flexibility index (Phi) is 6.94. The van der Waals surface area contributed by atoms with E-state index in [4.69, 9.17) is 10.5 Å². The first-order valence-corrected chi connectivity index (χ1v) is 10.8. The first-order valence-electron chi connectivity index (χ1n) is 9.91. The Morgan fingerprint density at radius 1 is 1.23 bits per heavy atom. The van der Waals surface area contributed by atoms with Crippen LogP contribution in [0.5, 0.6) is 5.75 Å². The van der Waals surface area contributed by atoms with Crippen LogP contribution in [0, 0.1) is 0 Å². The van der Waals surface area contributed by atoms with Gasteiger partial charge < -0.3 is 26.0 Å². The standard InChI is InChI=1S/C21H26N4O4S/c1-3-13(4-2)23-20(28)17-11-25(15-7-5-6-8-16(15)29-17)12-18(26)24-21-14(19(22)27)9-10-30-21/h5-10,13,17H,3-4,11-12H2,1-2H3,(H2,22,27)(H,23,28)(H,24,26). The maximum Gasteiger partial charge on any atom is 0.263 e. The van der Waals surface area contributed by atoms with E-state index in [0.717, 1.165) is 18.5 Å². The molecule has 1 aromatic heterocycles. The molecule has 4 N–H and O–H groups in total. The molecule has 3 rings (SSSR count). The van der Waals surface area contributed by atoms with Crippen LogP contribution in [0.2, 0.25) is 0 Å². The SMILES string of the molecule is CCC(CC)NC(=O)C1CN(CC(=O)Nc2sccc2C(N)=O)c2ccccc2O1. The van der Waals surface area contributed by atoms with E-state index in [2.05, 4.69) is 10.6 Å². The van der Waals surface area contributed by atoms with Crippen molar-refractivity contribution in [2.24, 2.45) is 5.73 Å².